The monoisotopic (exact) mass is 269 g/mol. The fourth-order valence-electron chi connectivity index (χ4n) is 1.85. The van der Waals surface area contributed by atoms with Crippen LogP contribution in [-0.2, 0) is 27.8 Å². The minimum absolute atomic E-state index is 0.177. The van der Waals surface area contributed by atoms with Crippen LogP contribution in [0.1, 0.15) is 31.2 Å². The van der Waals surface area contributed by atoms with E-state index in [0.29, 0.717) is 24.1 Å². The van der Waals surface area contributed by atoms with Crippen molar-refractivity contribution in [2.75, 3.05) is 6.61 Å². The third-order valence-corrected chi connectivity index (χ3v) is 2.69. The highest BCUT2D eigenvalue weighted by atomic mass is 16.5. The molecular formula is C12H19N3O4. The van der Waals surface area contributed by atoms with Gasteiger partial charge in [-0.15, -0.1) is 0 Å². The van der Waals surface area contributed by atoms with Crippen LogP contribution in [0, 0.1) is 0 Å². The van der Waals surface area contributed by atoms with Crippen LogP contribution < -0.4 is 5.32 Å². The number of aliphatic hydroxyl groups is 1. The van der Waals surface area contributed by atoms with Gasteiger partial charge in [-0.2, -0.15) is 5.10 Å². The van der Waals surface area contributed by atoms with Crippen molar-refractivity contribution in [3.8, 4) is 0 Å². The molecule has 0 aliphatic rings. The summed E-state index contributed by atoms with van der Waals surface area (Å²) in [5, 5.41) is 16.7. The van der Waals surface area contributed by atoms with Crippen molar-refractivity contribution >= 4 is 12.4 Å². The predicted octanol–water partition coefficient (Wildman–Crippen LogP) is -0.306. The fourth-order valence-corrected chi connectivity index (χ4v) is 1.85. The van der Waals surface area contributed by atoms with E-state index in [4.69, 9.17) is 4.74 Å². The molecule has 19 heavy (non-hydrogen) atoms. The van der Waals surface area contributed by atoms with Crippen LogP contribution in [0.15, 0.2) is 6.20 Å². The third-order valence-electron chi connectivity index (χ3n) is 2.69. The Morgan fingerprint density at radius 3 is 2.84 bits per heavy atom. The van der Waals surface area contributed by atoms with Crippen molar-refractivity contribution in [2.24, 2.45) is 7.05 Å². The smallest absolute Gasteiger partial charge is 0.331 e. The number of aromatic nitrogens is 2. The van der Waals surface area contributed by atoms with Crippen molar-refractivity contribution in [1.29, 1.82) is 0 Å². The number of nitrogens with one attached hydrogen (secondary N) is 1. The Balaban J connectivity index is 3.00. The van der Waals surface area contributed by atoms with E-state index in [2.05, 4.69) is 10.4 Å². The molecule has 0 saturated heterocycles. The summed E-state index contributed by atoms with van der Waals surface area (Å²) < 4.78 is 6.39. The maximum atomic E-state index is 11.7. The Morgan fingerprint density at radius 1 is 1.63 bits per heavy atom. The van der Waals surface area contributed by atoms with Gasteiger partial charge in [-0.05, 0) is 13.3 Å². The average molecular weight is 269 g/mol. The second-order valence-corrected chi connectivity index (χ2v) is 4.02. The Kier molecular flexibility index (Phi) is 5.50. The molecule has 1 amide bonds. The average Bonchev–Trinajstić information content (AvgIpc) is 2.76. The highest BCUT2D eigenvalue weighted by Crippen LogP contribution is 2.21. The number of aliphatic hydroxyl groups excluding tert-OH is 1. The van der Waals surface area contributed by atoms with E-state index in [1.165, 1.54) is 0 Å². The first-order chi connectivity index (χ1) is 9.04. The van der Waals surface area contributed by atoms with Gasteiger partial charge >= 0.3 is 5.97 Å². The summed E-state index contributed by atoms with van der Waals surface area (Å²) in [4.78, 5) is 22.3. The van der Waals surface area contributed by atoms with Gasteiger partial charge in [-0.25, -0.2) is 4.79 Å². The zero-order chi connectivity index (χ0) is 14.4. The minimum atomic E-state index is -1.19. The molecule has 0 radical (unpaired) electrons. The largest absolute Gasteiger partial charge is 0.464 e. The Labute approximate surface area is 111 Å². The maximum absolute atomic E-state index is 11.7. The van der Waals surface area contributed by atoms with Crippen LogP contribution in [0.5, 0.6) is 0 Å². The molecule has 0 fully saturated rings. The molecule has 0 aliphatic heterocycles. The Morgan fingerprint density at radius 2 is 2.32 bits per heavy atom. The zero-order valence-electron chi connectivity index (χ0n) is 11.3. The van der Waals surface area contributed by atoms with Gasteiger partial charge in [0.1, 0.15) is 6.10 Å². The van der Waals surface area contributed by atoms with Crippen molar-refractivity contribution in [3.63, 3.8) is 0 Å². The van der Waals surface area contributed by atoms with Crippen LogP contribution in [0.25, 0.3) is 0 Å². The van der Waals surface area contributed by atoms with E-state index < -0.39 is 18.1 Å². The Bertz CT molecular complexity index is 444. The lowest BCUT2D eigenvalue weighted by Crippen LogP contribution is -2.42. The summed E-state index contributed by atoms with van der Waals surface area (Å²) in [5.41, 5.74) is 1.19. The highest BCUT2D eigenvalue weighted by molar-refractivity contribution is 5.79. The van der Waals surface area contributed by atoms with Crippen molar-refractivity contribution < 1.29 is 19.4 Å². The summed E-state index contributed by atoms with van der Waals surface area (Å²) in [5.74, 6) is -0.673. The lowest BCUT2D eigenvalue weighted by Gasteiger charge is -2.20. The summed E-state index contributed by atoms with van der Waals surface area (Å²) in [6, 6.07) is -1.13. The van der Waals surface area contributed by atoms with Crippen molar-refractivity contribution in [3.05, 3.63) is 17.5 Å². The number of esters is 1. The van der Waals surface area contributed by atoms with Gasteiger partial charge in [0.05, 0.1) is 12.3 Å². The molecule has 7 heteroatoms. The van der Waals surface area contributed by atoms with Crippen LogP contribution in [0.3, 0.4) is 0 Å². The van der Waals surface area contributed by atoms with Gasteiger partial charge in [0, 0.05) is 18.8 Å². The molecule has 1 aromatic heterocycles. The Hall–Kier alpha value is -1.89. The van der Waals surface area contributed by atoms with Crippen LogP contribution in [0.4, 0.5) is 0 Å². The van der Waals surface area contributed by atoms with Crippen LogP contribution in [0.2, 0.25) is 0 Å². The summed E-state index contributed by atoms with van der Waals surface area (Å²) in [7, 11) is 1.72. The molecule has 1 heterocycles. The first-order valence-electron chi connectivity index (χ1n) is 6.11. The minimum Gasteiger partial charge on any atom is -0.464 e. The third kappa shape index (κ3) is 3.54. The molecule has 0 aliphatic carbocycles. The lowest BCUT2D eigenvalue weighted by atomic mass is 10.0. The molecular weight excluding hydrogens is 250 g/mol. The second kappa shape index (κ2) is 6.89. The first kappa shape index (κ1) is 15.2. The van der Waals surface area contributed by atoms with E-state index in [9.17, 15) is 14.7 Å². The van der Waals surface area contributed by atoms with E-state index >= 15 is 0 Å². The van der Waals surface area contributed by atoms with E-state index in [1.807, 2.05) is 6.92 Å². The molecule has 106 valence electrons. The number of hydrogen-bond acceptors (Lipinski definition) is 5. The SMILES string of the molecule is CCOC(=O)C(NC=O)C(O)c1cn(C)nc1CC. The summed E-state index contributed by atoms with van der Waals surface area (Å²) in [6.07, 6.45) is 1.42. The van der Waals surface area contributed by atoms with E-state index in [-0.39, 0.29) is 6.61 Å². The molecule has 0 saturated carbocycles. The van der Waals surface area contributed by atoms with Crippen molar-refractivity contribution in [2.45, 2.75) is 32.4 Å². The van der Waals surface area contributed by atoms with E-state index in [1.54, 1.807) is 24.9 Å². The molecule has 7 nitrogen and oxygen atoms in total. The van der Waals surface area contributed by atoms with Gasteiger partial charge in [0.25, 0.3) is 0 Å². The maximum Gasteiger partial charge on any atom is 0.331 e. The number of ether oxygens (including phenoxy) is 1. The van der Waals surface area contributed by atoms with Gasteiger partial charge < -0.3 is 15.2 Å². The number of amides is 1. The molecule has 0 aromatic carbocycles. The standard InChI is InChI=1S/C12H19N3O4/c1-4-9-8(6-15(3)14-9)11(17)10(13-7-16)12(18)19-5-2/h6-7,10-11,17H,4-5H2,1-3H3,(H,13,16). The molecule has 0 bridgehead atoms. The molecule has 0 spiro atoms. The second-order valence-electron chi connectivity index (χ2n) is 4.02. The van der Waals surface area contributed by atoms with Gasteiger partial charge in [-0.1, -0.05) is 6.92 Å². The highest BCUT2D eigenvalue weighted by Gasteiger charge is 2.31. The quantitative estimate of drug-likeness (QED) is 0.523. The predicted molar refractivity (Wildman–Crippen MR) is 67.2 cm³/mol. The molecule has 2 N–H and O–H groups in total. The molecule has 1 aromatic rings. The first-order valence-corrected chi connectivity index (χ1v) is 6.11. The van der Waals surface area contributed by atoms with Gasteiger partial charge in [0.15, 0.2) is 6.04 Å². The van der Waals surface area contributed by atoms with Gasteiger partial charge in [0.2, 0.25) is 6.41 Å². The summed E-state index contributed by atoms with van der Waals surface area (Å²) in [6.45, 7) is 3.73. The molecule has 1 rings (SSSR count). The number of nitrogens with zero attached hydrogens (tertiary/aromatic N) is 2. The van der Waals surface area contributed by atoms with Gasteiger partial charge in [-0.3, -0.25) is 9.48 Å². The zero-order valence-corrected chi connectivity index (χ0v) is 11.3. The number of aryl methyl sites for hydroxylation is 2. The number of carbonyl (C=O) groups excluding carboxylic acids is 2. The lowest BCUT2D eigenvalue weighted by molar-refractivity contribution is -0.149. The number of carbonyl (C=O) groups is 2. The molecule has 2 atom stereocenters. The van der Waals surface area contributed by atoms with Crippen molar-refractivity contribution in [1.82, 2.24) is 15.1 Å². The summed E-state index contributed by atoms with van der Waals surface area (Å²) >= 11 is 0. The van der Waals surface area contributed by atoms with Crippen LogP contribution >= 0.6 is 0 Å². The number of rotatable bonds is 7. The topological polar surface area (TPSA) is 93.5 Å². The normalized spacial score (nSPS) is 13.7. The molecule has 2 unspecified atom stereocenters. The van der Waals surface area contributed by atoms with Crippen LogP contribution in [-0.4, -0.2) is 39.9 Å². The number of hydrogen-bond donors (Lipinski definition) is 2. The van der Waals surface area contributed by atoms with E-state index in [0.717, 1.165) is 0 Å². The fraction of sp³-hybridized carbons (Fsp3) is 0.583.